The highest BCUT2D eigenvalue weighted by atomic mass is 127. The molecule has 28 heavy (non-hydrogen) atoms. The minimum Gasteiger partial charge on any atom is -0.385 e. The van der Waals surface area contributed by atoms with Crippen LogP contribution >= 0.6 is 22.6 Å². The lowest BCUT2D eigenvalue weighted by Gasteiger charge is -2.53. The summed E-state index contributed by atoms with van der Waals surface area (Å²) < 4.78 is 151. The molecule has 2 rings (SSSR count). The lowest BCUT2D eigenvalue weighted by atomic mass is 9.67. The van der Waals surface area contributed by atoms with Gasteiger partial charge in [0.15, 0.2) is 0 Å². The fourth-order valence-electron chi connectivity index (χ4n) is 2.98. The van der Waals surface area contributed by atoms with Crippen molar-refractivity contribution in [1.29, 1.82) is 0 Å². The minimum atomic E-state index is -7.27. The summed E-state index contributed by atoms with van der Waals surface area (Å²) in [5, 5.41) is 10.2. The quantitative estimate of drug-likeness (QED) is 0.379. The Morgan fingerprint density at radius 3 is 1.50 bits per heavy atom. The van der Waals surface area contributed by atoms with E-state index in [0.29, 0.717) is 6.92 Å². The van der Waals surface area contributed by atoms with E-state index in [9.17, 15) is 53.4 Å². The van der Waals surface area contributed by atoms with Gasteiger partial charge in [0, 0.05) is 9.99 Å². The predicted octanol–water partition coefficient (Wildman–Crippen LogP) is 5.79. The maximum atomic E-state index is 14.8. The van der Waals surface area contributed by atoms with Gasteiger partial charge < -0.3 is 5.11 Å². The second kappa shape index (κ2) is 6.08. The Bertz CT molecular complexity index is 745. The van der Waals surface area contributed by atoms with Crippen molar-refractivity contribution in [2.45, 2.75) is 54.2 Å². The topological polar surface area (TPSA) is 20.2 Å². The van der Waals surface area contributed by atoms with Gasteiger partial charge in [-0.25, -0.2) is 4.39 Å². The molecule has 1 unspecified atom stereocenters. The third-order valence-electron chi connectivity index (χ3n) is 4.61. The van der Waals surface area contributed by atoms with Gasteiger partial charge in [-0.05, 0) is 41.1 Å². The molecule has 1 saturated carbocycles. The number of hydrogen-bond acceptors (Lipinski definition) is 1. The highest BCUT2D eigenvalue weighted by molar-refractivity contribution is 14.1. The Balaban J connectivity index is 2.74. The molecule has 0 heterocycles. The first-order chi connectivity index (χ1) is 12.2. The molecule has 1 aromatic rings. The van der Waals surface area contributed by atoms with Gasteiger partial charge in [0.1, 0.15) is 0 Å². The Kier molecular flexibility index (Phi) is 5.08. The van der Waals surface area contributed by atoms with E-state index in [1.165, 1.54) is 34.7 Å². The van der Waals surface area contributed by atoms with E-state index in [1.54, 1.807) is 0 Å². The van der Waals surface area contributed by atoms with Crippen molar-refractivity contribution in [2.75, 3.05) is 0 Å². The average molecular weight is 542 g/mol. The van der Waals surface area contributed by atoms with E-state index in [4.69, 9.17) is 0 Å². The van der Waals surface area contributed by atoms with E-state index >= 15 is 0 Å². The molecule has 160 valence electrons. The molecule has 0 aromatic heterocycles. The molecule has 13 heteroatoms. The number of hydrogen-bond donors (Lipinski definition) is 1. The van der Waals surface area contributed by atoms with Crippen LogP contribution in [0.1, 0.15) is 18.9 Å². The summed E-state index contributed by atoms with van der Waals surface area (Å²) in [6.45, 7) is 0.432. The molecule has 0 bridgehead atoms. The fourth-order valence-corrected chi connectivity index (χ4v) is 3.94. The van der Waals surface area contributed by atoms with Crippen molar-refractivity contribution in [3.8, 4) is 0 Å². The van der Waals surface area contributed by atoms with Crippen molar-refractivity contribution in [3.05, 3.63) is 33.4 Å². The Hall–Kier alpha value is -0.860. The summed E-state index contributed by atoms with van der Waals surface area (Å²) in [6, 6.07) is 4.55. The zero-order valence-electron chi connectivity index (χ0n) is 13.5. The number of benzene rings is 1. The fraction of sp³-hybridized carbons (Fsp3) is 0.600. The van der Waals surface area contributed by atoms with Gasteiger partial charge in [0.25, 0.3) is 5.67 Å². The van der Waals surface area contributed by atoms with E-state index in [1.807, 2.05) is 0 Å². The van der Waals surface area contributed by atoms with Crippen LogP contribution in [-0.2, 0) is 5.60 Å². The van der Waals surface area contributed by atoms with Gasteiger partial charge in [0.05, 0.1) is 5.60 Å². The summed E-state index contributed by atoms with van der Waals surface area (Å²) in [5.41, 5.74) is -9.89. The van der Waals surface area contributed by atoms with Gasteiger partial charge >= 0.3 is 29.6 Å². The van der Waals surface area contributed by atoms with Crippen molar-refractivity contribution < 1.29 is 53.4 Å². The second-order valence-electron chi connectivity index (χ2n) is 6.60. The molecule has 0 aliphatic heterocycles. The van der Waals surface area contributed by atoms with Gasteiger partial charge in [-0.2, -0.15) is 43.9 Å². The van der Waals surface area contributed by atoms with Crippen molar-refractivity contribution in [3.63, 3.8) is 0 Å². The molecule has 0 radical (unpaired) electrons. The molecule has 1 aliphatic carbocycles. The van der Waals surface area contributed by atoms with Crippen molar-refractivity contribution in [2.24, 2.45) is 0 Å². The van der Waals surface area contributed by atoms with Gasteiger partial charge in [-0.1, -0.05) is 18.2 Å². The SMILES string of the molecule is CC(O)(CC1(F)C(F)(F)C(F)(F)C(F)(F)C(F)(F)C1(F)F)c1ccccc1I. The molecule has 0 saturated heterocycles. The summed E-state index contributed by atoms with van der Waals surface area (Å²) in [6.07, 6.45) is -2.72. The third kappa shape index (κ3) is 2.53. The number of halogens is 12. The summed E-state index contributed by atoms with van der Waals surface area (Å²) >= 11 is 1.45. The molecule has 1 atom stereocenters. The first-order valence-corrected chi connectivity index (χ1v) is 8.35. The standard InChI is InChI=1S/C15H10F11IO/c1-9(28,7-4-2-3-5-8(7)27)6-10(16)11(17,18)13(21,22)15(25,26)14(23,24)12(10,19)20/h2-5,28H,6H2,1H3. The van der Waals surface area contributed by atoms with Crippen LogP contribution in [-0.4, -0.2) is 40.4 Å². The first kappa shape index (κ1) is 23.4. The lowest BCUT2D eigenvalue weighted by molar-refractivity contribution is -0.488. The lowest BCUT2D eigenvalue weighted by Crippen LogP contribution is -2.84. The van der Waals surface area contributed by atoms with E-state index in [2.05, 4.69) is 0 Å². The van der Waals surface area contributed by atoms with Crippen LogP contribution in [0.15, 0.2) is 24.3 Å². The molecule has 1 N–H and O–H groups in total. The maximum Gasteiger partial charge on any atom is 0.384 e. The number of aliphatic hydroxyl groups is 1. The predicted molar refractivity (Wildman–Crippen MR) is 81.9 cm³/mol. The van der Waals surface area contributed by atoms with E-state index < -0.39 is 52.9 Å². The van der Waals surface area contributed by atoms with E-state index in [0.717, 1.165) is 12.1 Å². The van der Waals surface area contributed by atoms with E-state index in [-0.39, 0.29) is 3.57 Å². The number of alkyl halides is 11. The largest absolute Gasteiger partial charge is 0.385 e. The molecule has 1 fully saturated rings. The molecule has 1 aromatic carbocycles. The molecule has 1 aliphatic rings. The zero-order valence-corrected chi connectivity index (χ0v) is 15.7. The molecule has 0 spiro atoms. The highest BCUT2D eigenvalue weighted by Crippen LogP contribution is 2.71. The van der Waals surface area contributed by atoms with Crippen LogP contribution in [0.2, 0.25) is 0 Å². The van der Waals surface area contributed by atoms with Gasteiger partial charge in [0.2, 0.25) is 0 Å². The molecular weight excluding hydrogens is 532 g/mol. The summed E-state index contributed by atoms with van der Waals surface area (Å²) in [5.74, 6) is -35.5. The van der Waals surface area contributed by atoms with Crippen LogP contribution in [0.4, 0.5) is 48.3 Å². The Labute approximate surface area is 164 Å². The molecular formula is C15H10F11IO. The first-order valence-electron chi connectivity index (χ1n) is 7.28. The average Bonchev–Trinajstić information content (AvgIpc) is 2.52. The maximum absolute atomic E-state index is 14.8. The van der Waals surface area contributed by atoms with Crippen LogP contribution in [0.25, 0.3) is 0 Å². The van der Waals surface area contributed by atoms with Gasteiger partial charge in [-0.15, -0.1) is 0 Å². The molecule has 1 nitrogen and oxygen atoms in total. The van der Waals surface area contributed by atoms with Crippen molar-refractivity contribution in [1.82, 2.24) is 0 Å². The normalized spacial score (nSPS) is 28.4. The molecule has 0 amide bonds. The Morgan fingerprint density at radius 2 is 1.11 bits per heavy atom. The number of rotatable bonds is 3. The summed E-state index contributed by atoms with van der Waals surface area (Å²) in [4.78, 5) is 0. The van der Waals surface area contributed by atoms with Crippen LogP contribution in [0, 0.1) is 3.57 Å². The minimum absolute atomic E-state index is 0.0417. The Morgan fingerprint density at radius 1 is 0.750 bits per heavy atom. The van der Waals surface area contributed by atoms with Crippen LogP contribution in [0.3, 0.4) is 0 Å². The smallest absolute Gasteiger partial charge is 0.384 e. The third-order valence-corrected chi connectivity index (χ3v) is 5.56. The monoisotopic (exact) mass is 542 g/mol. The van der Waals surface area contributed by atoms with Gasteiger partial charge in [-0.3, -0.25) is 0 Å². The van der Waals surface area contributed by atoms with Crippen molar-refractivity contribution >= 4 is 22.6 Å². The second-order valence-corrected chi connectivity index (χ2v) is 7.77. The summed E-state index contributed by atoms with van der Waals surface area (Å²) in [7, 11) is 0. The zero-order chi connectivity index (χ0) is 22.2. The highest BCUT2D eigenvalue weighted by Gasteiger charge is 3.01. The van der Waals surface area contributed by atoms with Crippen LogP contribution in [0.5, 0.6) is 0 Å². The van der Waals surface area contributed by atoms with Crippen LogP contribution < -0.4 is 0 Å².